The zero-order valence-electron chi connectivity index (χ0n) is 16.5. The number of carbonyl (C=O) groups is 2. The summed E-state index contributed by atoms with van der Waals surface area (Å²) in [6.07, 6.45) is 5.90. The van der Waals surface area contributed by atoms with Gasteiger partial charge < -0.3 is 10.6 Å². The first kappa shape index (κ1) is 19.7. The molecule has 0 spiro atoms. The number of fused-ring (bicyclic) bond motifs is 1. The van der Waals surface area contributed by atoms with E-state index in [-0.39, 0.29) is 11.7 Å². The predicted molar refractivity (Wildman–Crippen MR) is 109 cm³/mol. The maximum atomic E-state index is 13.7. The Bertz CT molecular complexity index is 1100. The Labute approximate surface area is 173 Å². The molecule has 1 aromatic carbocycles. The lowest BCUT2D eigenvalue weighted by Crippen LogP contribution is -2.43. The van der Waals surface area contributed by atoms with Crippen LogP contribution in [0.3, 0.4) is 0 Å². The zero-order valence-corrected chi connectivity index (χ0v) is 16.5. The quantitative estimate of drug-likeness (QED) is 0.707. The van der Waals surface area contributed by atoms with Crippen molar-refractivity contribution in [1.29, 1.82) is 0 Å². The van der Waals surface area contributed by atoms with Gasteiger partial charge in [-0.1, -0.05) is 12.1 Å². The molecule has 0 saturated heterocycles. The summed E-state index contributed by atoms with van der Waals surface area (Å²) in [6.45, 7) is 1.74. The first-order chi connectivity index (χ1) is 14.5. The zero-order chi connectivity index (χ0) is 21.3. The number of primary amides is 1. The summed E-state index contributed by atoms with van der Waals surface area (Å²) in [5.74, 6) is -1.34. The van der Waals surface area contributed by atoms with Crippen molar-refractivity contribution in [2.24, 2.45) is 5.73 Å². The van der Waals surface area contributed by atoms with E-state index in [9.17, 15) is 14.0 Å². The Hall–Kier alpha value is -3.61. The molecular formula is C23H21FN4O2. The second kappa shape index (κ2) is 8.02. The Morgan fingerprint density at radius 1 is 1.20 bits per heavy atom. The van der Waals surface area contributed by atoms with E-state index in [0.717, 1.165) is 11.1 Å². The second-order valence-corrected chi connectivity index (χ2v) is 7.34. The number of nitrogens with two attached hydrogens (primary N) is 1. The van der Waals surface area contributed by atoms with E-state index in [0.29, 0.717) is 29.7 Å². The highest BCUT2D eigenvalue weighted by Gasteiger charge is 2.40. The molecule has 2 aromatic heterocycles. The highest BCUT2D eigenvalue weighted by Crippen LogP contribution is 2.41. The number of nitrogens with zero attached hydrogens (tertiary/aromatic N) is 3. The van der Waals surface area contributed by atoms with E-state index < -0.39 is 18.0 Å². The Balaban J connectivity index is 1.87. The van der Waals surface area contributed by atoms with Gasteiger partial charge in [0, 0.05) is 29.8 Å². The van der Waals surface area contributed by atoms with E-state index >= 15 is 0 Å². The molecule has 2 heterocycles. The smallest absolute Gasteiger partial charge is 0.257 e. The normalized spacial score (nSPS) is 16.0. The minimum Gasteiger partial charge on any atom is -0.368 e. The Kier molecular flexibility index (Phi) is 5.27. The molecule has 0 bridgehead atoms. The van der Waals surface area contributed by atoms with Crippen molar-refractivity contribution in [3.05, 3.63) is 94.8 Å². The van der Waals surface area contributed by atoms with Crippen molar-refractivity contribution in [3.63, 3.8) is 0 Å². The molecule has 0 fully saturated rings. The molecule has 152 valence electrons. The van der Waals surface area contributed by atoms with E-state index in [2.05, 4.69) is 9.97 Å². The summed E-state index contributed by atoms with van der Waals surface area (Å²) >= 11 is 0. The predicted octanol–water partition coefficient (Wildman–Crippen LogP) is 3.28. The molecule has 30 heavy (non-hydrogen) atoms. The summed E-state index contributed by atoms with van der Waals surface area (Å²) in [5, 5.41) is 0. The second-order valence-electron chi connectivity index (χ2n) is 7.34. The first-order valence-electron chi connectivity index (χ1n) is 9.69. The van der Waals surface area contributed by atoms with Crippen molar-refractivity contribution in [1.82, 2.24) is 14.9 Å². The molecule has 0 unspecified atom stereocenters. The number of rotatable bonds is 5. The van der Waals surface area contributed by atoms with Gasteiger partial charge >= 0.3 is 0 Å². The van der Waals surface area contributed by atoms with Crippen LogP contribution in [0.1, 0.15) is 51.2 Å². The molecule has 1 aliphatic rings. The van der Waals surface area contributed by atoms with Gasteiger partial charge in [-0.05, 0) is 61.2 Å². The van der Waals surface area contributed by atoms with E-state index in [1.165, 1.54) is 23.2 Å². The van der Waals surface area contributed by atoms with Crippen molar-refractivity contribution < 1.29 is 14.0 Å². The van der Waals surface area contributed by atoms with Gasteiger partial charge in [-0.15, -0.1) is 0 Å². The molecule has 3 aromatic rings. The molecule has 0 saturated carbocycles. The SMILES string of the molecule is Cc1ncccc1C(=O)N([C@@H]1CCc2cc(F)ccc21)[C@@H](C(N)=O)c1cccnc1. The highest BCUT2D eigenvalue weighted by atomic mass is 19.1. The Morgan fingerprint density at radius 2 is 2.00 bits per heavy atom. The van der Waals surface area contributed by atoms with Crippen LogP contribution in [0.4, 0.5) is 4.39 Å². The van der Waals surface area contributed by atoms with Gasteiger partial charge in [-0.3, -0.25) is 19.6 Å². The summed E-state index contributed by atoms with van der Waals surface area (Å²) in [7, 11) is 0. The van der Waals surface area contributed by atoms with E-state index in [4.69, 9.17) is 5.73 Å². The Morgan fingerprint density at radius 3 is 2.70 bits per heavy atom. The maximum absolute atomic E-state index is 13.7. The fourth-order valence-corrected chi connectivity index (χ4v) is 4.14. The number of benzene rings is 1. The molecule has 2 amide bonds. The number of amides is 2. The van der Waals surface area contributed by atoms with Crippen LogP contribution < -0.4 is 5.73 Å². The molecule has 1 aliphatic carbocycles. The van der Waals surface area contributed by atoms with Gasteiger partial charge in [0.15, 0.2) is 0 Å². The van der Waals surface area contributed by atoms with Gasteiger partial charge in [-0.25, -0.2) is 4.39 Å². The van der Waals surface area contributed by atoms with Crippen LogP contribution >= 0.6 is 0 Å². The number of halogens is 1. The average molecular weight is 404 g/mol. The molecule has 2 N–H and O–H groups in total. The topological polar surface area (TPSA) is 89.2 Å². The molecule has 6 nitrogen and oxygen atoms in total. The monoisotopic (exact) mass is 404 g/mol. The third kappa shape index (κ3) is 3.54. The lowest BCUT2D eigenvalue weighted by molar-refractivity contribution is -0.123. The van der Waals surface area contributed by atoms with Gasteiger partial charge in [0.05, 0.1) is 11.6 Å². The summed E-state index contributed by atoms with van der Waals surface area (Å²) < 4.78 is 13.7. The summed E-state index contributed by atoms with van der Waals surface area (Å²) in [4.78, 5) is 36.2. The molecule has 0 radical (unpaired) electrons. The highest BCUT2D eigenvalue weighted by molar-refractivity contribution is 5.98. The first-order valence-corrected chi connectivity index (χ1v) is 9.69. The fourth-order valence-electron chi connectivity index (χ4n) is 4.14. The number of pyridine rings is 2. The average Bonchev–Trinajstić information content (AvgIpc) is 3.14. The van der Waals surface area contributed by atoms with Gasteiger partial charge in [0.25, 0.3) is 5.91 Å². The number of aromatic nitrogens is 2. The van der Waals surface area contributed by atoms with Crippen LogP contribution in [0.2, 0.25) is 0 Å². The molecule has 0 aliphatic heterocycles. The van der Waals surface area contributed by atoms with Crippen molar-refractivity contribution in [2.45, 2.75) is 31.8 Å². The van der Waals surface area contributed by atoms with Gasteiger partial charge in [-0.2, -0.15) is 0 Å². The minimum atomic E-state index is -1.02. The molecular weight excluding hydrogens is 383 g/mol. The van der Waals surface area contributed by atoms with Crippen molar-refractivity contribution >= 4 is 11.8 Å². The lowest BCUT2D eigenvalue weighted by atomic mass is 9.98. The molecule has 2 atom stereocenters. The van der Waals surface area contributed by atoms with Gasteiger partial charge in [0.1, 0.15) is 11.9 Å². The molecule has 4 rings (SSSR count). The third-order valence-corrected chi connectivity index (χ3v) is 5.51. The largest absolute Gasteiger partial charge is 0.368 e. The molecule has 7 heteroatoms. The van der Waals surface area contributed by atoms with Crippen LogP contribution in [0.15, 0.2) is 61.1 Å². The van der Waals surface area contributed by atoms with Crippen LogP contribution in [0.25, 0.3) is 0 Å². The maximum Gasteiger partial charge on any atom is 0.257 e. The number of hydrogen-bond donors (Lipinski definition) is 1. The fraction of sp³-hybridized carbons (Fsp3) is 0.217. The number of hydrogen-bond acceptors (Lipinski definition) is 4. The lowest BCUT2D eigenvalue weighted by Gasteiger charge is -2.36. The minimum absolute atomic E-state index is 0.325. The standard InChI is InChI=1S/C23H21FN4O2/c1-14-18(5-3-11-27-14)23(30)28(21(22(25)29)16-4-2-10-26-13-16)20-9-6-15-12-17(24)7-8-19(15)20/h2-5,7-8,10-13,20-21H,6,9H2,1H3,(H2,25,29)/t20-,21-/m1/s1. The van der Waals surface area contributed by atoms with E-state index in [1.807, 2.05) is 0 Å². The van der Waals surface area contributed by atoms with Crippen LogP contribution in [-0.2, 0) is 11.2 Å². The summed E-state index contributed by atoms with van der Waals surface area (Å²) in [6, 6.07) is 9.87. The van der Waals surface area contributed by atoms with Gasteiger partial charge in [0.2, 0.25) is 5.91 Å². The van der Waals surface area contributed by atoms with Crippen molar-refractivity contribution in [3.8, 4) is 0 Å². The van der Waals surface area contributed by atoms with Crippen molar-refractivity contribution in [2.75, 3.05) is 0 Å². The van der Waals surface area contributed by atoms with Crippen LogP contribution in [0.5, 0.6) is 0 Å². The number of carbonyl (C=O) groups excluding carboxylic acids is 2. The summed E-state index contributed by atoms with van der Waals surface area (Å²) in [5.41, 5.74) is 8.92. The third-order valence-electron chi connectivity index (χ3n) is 5.51. The van der Waals surface area contributed by atoms with Crippen LogP contribution in [-0.4, -0.2) is 26.7 Å². The number of aryl methyl sites for hydroxylation is 2. The van der Waals surface area contributed by atoms with E-state index in [1.54, 1.807) is 49.6 Å². The van der Waals surface area contributed by atoms with Crippen LogP contribution in [0, 0.1) is 12.7 Å².